The highest BCUT2D eigenvalue weighted by molar-refractivity contribution is 4.97. The molecule has 2 rings (SSSR count). The molecular formula is C15H31N. The lowest BCUT2D eigenvalue weighted by Gasteiger charge is -2.52. The Bertz CT molecular complexity index is 174. The lowest BCUT2D eigenvalue weighted by Crippen LogP contribution is -2.47. The molecule has 2 fully saturated rings. The highest BCUT2D eigenvalue weighted by Crippen LogP contribution is 2.54. The van der Waals surface area contributed by atoms with Gasteiger partial charge in [0.25, 0.3) is 0 Å². The number of hydrogen-bond acceptors (Lipinski definition) is 1. The highest BCUT2D eigenvalue weighted by Gasteiger charge is 2.45. The van der Waals surface area contributed by atoms with E-state index in [9.17, 15) is 0 Å². The Kier molecular flexibility index (Phi) is 6.98. The van der Waals surface area contributed by atoms with Crippen molar-refractivity contribution in [3.05, 3.63) is 13.2 Å². The Morgan fingerprint density at radius 2 is 1.75 bits per heavy atom. The molecular weight excluding hydrogens is 194 g/mol. The van der Waals surface area contributed by atoms with E-state index in [2.05, 4.69) is 32.3 Å². The van der Waals surface area contributed by atoms with E-state index in [1.807, 2.05) is 0 Å². The Balaban J connectivity index is 0.000000711. The summed E-state index contributed by atoms with van der Waals surface area (Å²) < 4.78 is 0. The molecule has 1 nitrogen and oxygen atoms in total. The number of nitrogens with one attached hydrogen (secondary N) is 1. The molecule has 1 spiro atoms. The van der Waals surface area contributed by atoms with Gasteiger partial charge in [-0.25, -0.2) is 0 Å². The molecule has 1 unspecified atom stereocenters. The fourth-order valence-electron chi connectivity index (χ4n) is 3.15. The first kappa shape index (κ1) is 15.7. The van der Waals surface area contributed by atoms with Gasteiger partial charge in [-0.2, -0.15) is 0 Å². The zero-order chi connectivity index (χ0) is 11.3. The van der Waals surface area contributed by atoms with Crippen molar-refractivity contribution in [1.82, 2.24) is 5.32 Å². The van der Waals surface area contributed by atoms with Gasteiger partial charge in [-0.1, -0.05) is 27.7 Å². The van der Waals surface area contributed by atoms with E-state index in [-0.39, 0.29) is 7.43 Å². The third kappa shape index (κ3) is 3.35. The Morgan fingerprint density at radius 3 is 2.19 bits per heavy atom. The molecule has 0 aromatic carbocycles. The van der Waals surface area contributed by atoms with Crippen LogP contribution in [0.2, 0.25) is 0 Å². The van der Waals surface area contributed by atoms with Crippen molar-refractivity contribution >= 4 is 0 Å². The lowest BCUT2D eigenvalue weighted by atomic mass is 9.55. The molecule has 1 heteroatoms. The maximum absolute atomic E-state index is 3.47. The summed E-state index contributed by atoms with van der Waals surface area (Å²) in [5.74, 6) is 2.03. The zero-order valence-corrected chi connectivity index (χ0v) is 10.5. The van der Waals surface area contributed by atoms with Crippen LogP contribution in [0.1, 0.15) is 53.4 Å². The second-order valence-electron chi connectivity index (χ2n) is 5.30. The summed E-state index contributed by atoms with van der Waals surface area (Å²) in [4.78, 5) is 0. The largest absolute Gasteiger partial charge is 0.317 e. The van der Waals surface area contributed by atoms with Gasteiger partial charge in [0.15, 0.2) is 0 Å². The van der Waals surface area contributed by atoms with Gasteiger partial charge in [0.05, 0.1) is 0 Å². The summed E-state index contributed by atoms with van der Waals surface area (Å²) in [5, 5.41) is 3.47. The van der Waals surface area contributed by atoms with Crippen molar-refractivity contribution in [2.75, 3.05) is 13.1 Å². The van der Waals surface area contributed by atoms with Gasteiger partial charge in [-0.15, -0.1) is 13.2 Å². The minimum atomic E-state index is 0. The minimum Gasteiger partial charge on any atom is -0.317 e. The SMILES string of the molecule is C.C=C.CCC(C)C1CC2(CCNCC2)C1. The maximum Gasteiger partial charge on any atom is -0.00436 e. The van der Waals surface area contributed by atoms with Crippen LogP contribution in [0.5, 0.6) is 0 Å². The predicted octanol–water partition coefficient (Wildman–Crippen LogP) is 4.25. The molecule has 0 radical (unpaired) electrons. The first-order valence-corrected chi connectivity index (χ1v) is 6.46. The smallest absolute Gasteiger partial charge is 0.00436 e. The van der Waals surface area contributed by atoms with Crippen LogP contribution in [-0.2, 0) is 0 Å². The molecule has 0 bridgehead atoms. The van der Waals surface area contributed by atoms with E-state index in [0.29, 0.717) is 0 Å². The second kappa shape index (κ2) is 7.11. The third-order valence-corrected chi connectivity index (χ3v) is 4.50. The van der Waals surface area contributed by atoms with Crippen molar-refractivity contribution in [2.45, 2.75) is 53.4 Å². The molecule has 1 atom stereocenters. The van der Waals surface area contributed by atoms with Crippen LogP contribution in [0, 0.1) is 17.3 Å². The summed E-state index contributed by atoms with van der Waals surface area (Å²) in [6, 6.07) is 0. The van der Waals surface area contributed by atoms with Crippen LogP contribution < -0.4 is 5.32 Å². The molecule has 0 aromatic rings. The van der Waals surface area contributed by atoms with E-state index in [1.165, 1.54) is 45.2 Å². The van der Waals surface area contributed by atoms with E-state index in [0.717, 1.165) is 17.3 Å². The molecule has 1 N–H and O–H groups in total. The quantitative estimate of drug-likeness (QED) is 0.693. The van der Waals surface area contributed by atoms with Crippen molar-refractivity contribution in [2.24, 2.45) is 17.3 Å². The molecule has 96 valence electrons. The first-order valence-electron chi connectivity index (χ1n) is 6.46. The van der Waals surface area contributed by atoms with E-state index in [1.54, 1.807) is 0 Å². The summed E-state index contributed by atoms with van der Waals surface area (Å²) in [7, 11) is 0. The highest BCUT2D eigenvalue weighted by atomic mass is 14.9. The summed E-state index contributed by atoms with van der Waals surface area (Å²) in [6.07, 6.45) is 7.33. The van der Waals surface area contributed by atoms with Gasteiger partial charge >= 0.3 is 0 Å². The Hall–Kier alpha value is -0.300. The van der Waals surface area contributed by atoms with Gasteiger partial charge in [0.2, 0.25) is 0 Å². The number of piperidine rings is 1. The monoisotopic (exact) mass is 225 g/mol. The molecule has 0 aromatic heterocycles. The number of hydrogen-bond donors (Lipinski definition) is 1. The Labute approximate surface area is 103 Å². The minimum absolute atomic E-state index is 0. The topological polar surface area (TPSA) is 12.0 Å². The van der Waals surface area contributed by atoms with Crippen molar-refractivity contribution in [1.29, 1.82) is 0 Å². The van der Waals surface area contributed by atoms with Crippen LogP contribution in [-0.4, -0.2) is 13.1 Å². The van der Waals surface area contributed by atoms with Gasteiger partial charge in [-0.3, -0.25) is 0 Å². The maximum atomic E-state index is 3.47. The number of rotatable bonds is 2. The third-order valence-electron chi connectivity index (χ3n) is 4.50. The zero-order valence-electron chi connectivity index (χ0n) is 10.5. The molecule has 1 heterocycles. The molecule has 16 heavy (non-hydrogen) atoms. The Morgan fingerprint density at radius 1 is 1.25 bits per heavy atom. The van der Waals surface area contributed by atoms with Crippen LogP contribution in [0.4, 0.5) is 0 Å². The van der Waals surface area contributed by atoms with Crippen LogP contribution >= 0.6 is 0 Å². The molecule has 1 aliphatic carbocycles. The lowest BCUT2D eigenvalue weighted by molar-refractivity contribution is -0.00677. The second-order valence-corrected chi connectivity index (χ2v) is 5.30. The fraction of sp³-hybridized carbons (Fsp3) is 0.867. The average Bonchev–Trinajstić information content (AvgIpc) is 2.28. The normalized spacial score (nSPS) is 24.6. The summed E-state index contributed by atoms with van der Waals surface area (Å²) in [6.45, 7) is 13.3. The molecule has 2 aliphatic rings. The van der Waals surface area contributed by atoms with Crippen molar-refractivity contribution < 1.29 is 0 Å². The van der Waals surface area contributed by atoms with Gasteiger partial charge in [-0.05, 0) is 56.0 Å². The van der Waals surface area contributed by atoms with Crippen LogP contribution in [0.15, 0.2) is 13.2 Å². The molecule has 0 amide bonds. The summed E-state index contributed by atoms with van der Waals surface area (Å²) in [5.41, 5.74) is 0.791. The predicted molar refractivity (Wildman–Crippen MR) is 74.7 cm³/mol. The molecule has 1 saturated heterocycles. The molecule has 1 saturated carbocycles. The van der Waals surface area contributed by atoms with Gasteiger partial charge < -0.3 is 5.32 Å². The van der Waals surface area contributed by atoms with E-state index in [4.69, 9.17) is 0 Å². The van der Waals surface area contributed by atoms with Crippen LogP contribution in [0.25, 0.3) is 0 Å². The fourth-order valence-corrected chi connectivity index (χ4v) is 3.15. The van der Waals surface area contributed by atoms with E-state index >= 15 is 0 Å². The summed E-state index contributed by atoms with van der Waals surface area (Å²) >= 11 is 0. The molecule has 1 aliphatic heterocycles. The van der Waals surface area contributed by atoms with Crippen molar-refractivity contribution in [3.63, 3.8) is 0 Å². The average molecular weight is 225 g/mol. The van der Waals surface area contributed by atoms with Crippen molar-refractivity contribution in [3.8, 4) is 0 Å². The van der Waals surface area contributed by atoms with Gasteiger partial charge in [0.1, 0.15) is 0 Å². The standard InChI is InChI=1S/C12H23N.C2H4.CH4/c1-3-10(2)11-8-12(9-11)4-6-13-7-5-12;1-2;/h10-11,13H,3-9H2,1-2H3;1-2H2;1H4. The van der Waals surface area contributed by atoms with Crippen LogP contribution in [0.3, 0.4) is 0 Å². The van der Waals surface area contributed by atoms with E-state index < -0.39 is 0 Å². The first-order chi connectivity index (χ1) is 7.26. The van der Waals surface area contributed by atoms with Gasteiger partial charge in [0, 0.05) is 0 Å².